The molecular weight excluding hydrogens is 426 g/mol. The molecule has 32 heavy (non-hydrogen) atoms. The average Bonchev–Trinajstić information content (AvgIpc) is 3.06. The molecule has 2 aromatic carbocycles. The van der Waals surface area contributed by atoms with Gasteiger partial charge in [-0.1, -0.05) is 41.9 Å². The van der Waals surface area contributed by atoms with Crippen LogP contribution in [0, 0.1) is 0 Å². The zero-order chi connectivity index (χ0) is 21.9. The van der Waals surface area contributed by atoms with Crippen LogP contribution in [-0.4, -0.2) is 55.4 Å². The normalized spacial score (nSPS) is 23.3. The average molecular weight is 456 g/mol. The van der Waals surface area contributed by atoms with Crippen molar-refractivity contribution in [3.63, 3.8) is 0 Å². The van der Waals surface area contributed by atoms with Gasteiger partial charge in [0.25, 0.3) is 0 Å². The highest BCUT2D eigenvalue weighted by Crippen LogP contribution is 2.36. The summed E-state index contributed by atoms with van der Waals surface area (Å²) in [6.45, 7) is 3.62. The molecule has 3 aliphatic rings. The second kappa shape index (κ2) is 9.59. The summed E-state index contributed by atoms with van der Waals surface area (Å²) in [5.41, 5.74) is 2.15. The fourth-order valence-corrected chi connectivity index (χ4v) is 5.34. The highest BCUT2D eigenvalue weighted by atomic mass is 35.5. The smallest absolute Gasteiger partial charge is 0.410 e. The van der Waals surface area contributed by atoms with Crippen LogP contribution in [0.4, 0.5) is 10.5 Å². The summed E-state index contributed by atoms with van der Waals surface area (Å²) < 4.78 is 11.8. The Bertz CT molecular complexity index is 917. The van der Waals surface area contributed by atoms with Crippen LogP contribution in [0.3, 0.4) is 0 Å². The van der Waals surface area contributed by atoms with E-state index in [1.54, 1.807) is 4.90 Å². The molecule has 170 valence electrons. The van der Waals surface area contributed by atoms with Gasteiger partial charge in [-0.15, -0.1) is 0 Å². The summed E-state index contributed by atoms with van der Waals surface area (Å²) in [6.07, 6.45) is 3.81. The number of nitrogens with zero attached hydrogens (tertiary/aromatic N) is 2. The summed E-state index contributed by atoms with van der Waals surface area (Å²) in [5, 5.41) is 4.23. The first kappa shape index (κ1) is 21.4. The van der Waals surface area contributed by atoms with Crippen LogP contribution in [-0.2, 0) is 11.3 Å². The number of nitrogens with one attached hydrogen (secondary N) is 1. The van der Waals surface area contributed by atoms with Crippen LogP contribution in [0.2, 0.25) is 5.02 Å². The minimum absolute atomic E-state index is 0.0687. The molecule has 2 bridgehead atoms. The lowest BCUT2D eigenvalue weighted by molar-refractivity contribution is 0.0638. The number of carbonyl (C=O) groups is 1. The maximum absolute atomic E-state index is 12.4. The molecule has 0 unspecified atom stereocenters. The van der Waals surface area contributed by atoms with Crippen LogP contribution in [0.15, 0.2) is 48.5 Å². The molecule has 5 rings (SSSR count). The van der Waals surface area contributed by atoms with Gasteiger partial charge >= 0.3 is 6.09 Å². The lowest BCUT2D eigenvalue weighted by Gasteiger charge is -2.37. The van der Waals surface area contributed by atoms with Crippen molar-refractivity contribution in [1.29, 1.82) is 0 Å². The first-order chi connectivity index (χ1) is 15.7. The summed E-state index contributed by atoms with van der Waals surface area (Å²) >= 11 is 6.46. The number of ether oxygens (including phenoxy) is 2. The van der Waals surface area contributed by atoms with E-state index in [1.165, 1.54) is 12.8 Å². The zero-order valence-corrected chi connectivity index (χ0v) is 19.0. The molecular formula is C25H30ClN3O3. The lowest BCUT2D eigenvalue weighted by Crippen LogP contribution is -2.52. The Labute approximate surface area is 194 Å². The van der Waals surface area contributed by atoms with Gasteiger partial charge in [0.15, 0.2) is 0 Å². The first-order valence-corrected chi connectivity index (χ1v) is 12.0. The summed E-state index contributed by atoms with van der Waals surface area (Å²) in [6, 6.07) is 16.9. The maximum atomic E-state index is 12.4. The standard InChI is InChI=1S/C25H30ClN3O3/c26-19-12-22(29-20-6-7-21(29)16-27-15-20)14-24(13-19)32-23-8-10-28(11-9-23)25(30)31-17-18-4-2-1-3-5-18/h1-5,12-14,20-21,23,27H,6-11,15-17H2/t20-,21+. The number of anilines is 1. The molecule has 3 aliphatic heterocycles. The Morgan fingerprint density at radius 3 is 2.44 bits per heavy atom. The van der Waals surface area contributed by atoms with E-state index < -0.39 is 0 Å². The van der Waals surface area contributed by atoms with E-state index >= 15 is 0 Å². The second-order valence-corrected chi connectivity index (χ2v) is 9.38. The van der Waals surface area contributed by atoms with Gasteiger partial charge in [-0.05, 0) is 30.5 Å². The molecule has 3 fully saturated rings. The van der Waals surface area contributed by atoms with Gasteiger partial charge in [0.05, 0.1) is 0 Å². The van der Waals surface area contributed by atoms with Crippen molar-refractivity contribution in [2.75, 3.05) is 31.1 Å². The van der Waals surface area contributed by atoms with Gasteiger partial charge in [0.2, 0.25) is 0 Å². The van der Waals surface area contributed by atoms with E-state index in [-0.39, 0.29) is 12.2 Å². The SMILES string of the molecule is O=C(OCc1ccccc1)N1CCC(Oc2cc(Cl)cc(N3[C@@H]4CC[C@H]3CNC4)c2)CC1. The van der Waals surface area contributed by atoms with E-state index in [4.69, 9.17) is 21.1 Å². The molecule has 2 aromatic rings. The molecule has 2 atom stereocenters. The van der Waals surface area contributed by atoms with Crippen molar-refractivity contribution in [2.45, 2.75) is 50.5 Å². The number of hydrogen-bond donors (Lipinski definition) is 1. The molecule has 1 amide bonds. The Morgan fingerprint density at radius 2 is 1.72 bits per heavy atom. The Balaban J connectivity index is 1.15. The van der Waals surface area contributed by atoms with E-state index in [0.717, 1.165) is 42.9 Å². The van der Waals surface area contributed by atoms with Crippen LogP contribution in [0.5, 0.6) is 5.75 Å². The summed E-state index contributed by atoms with van der Waals surface area (Å²) in [7, 11) is 0. The topological polar surface area (TPSA) is 54.0 Å². The van der Waals surface area contributed by atoms with Gasteiger partial charge in [0, 0.05) is 67.9 Å². The number of carbonyl (C=O) groups excluding carboxylic acids is 1. The predicted octanol–water partition coefficient (Wildman–Crippen LogP) is 4.46. The van der Waals surface area contributed by atoms with Crippen LogP contribution < -0.4 is 15.0 Å². The van der Waals surface area contributed by atoms with Crippen molar-refractivity contribution < 1.29 is 14.3 Å². The van der Waals surface area contributed by atoms with Gasteiger partial charge in [-0.2, -0.15) is 0 Å². The summed E-state index contributed by atoms with van der Waals surface area (Å²) in [5.74, 6) is 0.815. The van der Waals surface area contributed by atoms with Crippen molar-refractivity contribution >= 4 is 23.4 Å². The number of hydrogen-bond acceptors (Lipinski definition) is 5. The van der Waals surface area contributed by atoms with E-state index in [2.05, 4.69) is 22.3 Å². The number of amides is 1. The number of rotatable bonds is 5. The molecule has 3 saturated heterocycles. The van der Waals surface area contributed by atoms with Crippen molar-refractivity contribution in [3.8, 4) is 5.75 Å². The number of benzene rings is 2. The minimum Gasteiger partial charge on any atom is -0.490 e. The second-order valence-electron chi connectivity index (χ2n) is 8.94. The first-order valence-electron chi connectivity index (χ1n) is 11.6. The molecule has 0 aromatic heterocycles. The number of halogens is 1. The number of fused-ring (bicyclic) bond motifs is 2. The van der Waals surface area contributed by atoms with Gasteiger partial charge in [-0.25, -0.2) is 4.79 Å². The third-order valence-corrected chi connectivity index (χ3v) is 6.96. The van der Waals surface area contributed by atoms with E-state index in [1.807, 2.05) is 36.4 Å². The molecule has 1 N–H and O–H groups in total. The van der Waals surface area contributed by atoms with Crippen molar-refractivity contribution in [2.24, 2.45) is 0 Å². The molecule has 0 aliphatic carbocycles. The lowest BCUT2D eigenvalue weighted by atomic mass is 10.1. The molecule has 3 heterocycles. The maximum Gasteiger partial charge on any atom is 0.410 e. The molecule has 6 nitrogen and oxygen atoms in total. The Hall–Kier alpha value is -2.44. The Kier molecular flexibility index (Phi) is 6.42. The quantitative estimate of drug-likeness (QED) is 0.721. The highest BCUT2D eigenvalue weighted by Gasteiger charge is 2.36. The van der Waals surface area contributed by atoms with Gasteiger partial charge in [0.1, 0.15) is 18.5 Å². The van der Waals surface area contributed by atoms with E-state index in [0.29, 0.717) is 36.8 Å². The third kappa shape index (κ3) is 4.81. The fourth-order valence-electron chi connectivity index (χ4n) is 5.12. The third-order valence-electron chi connectivity index (χ3n) is 6.74. The van der Waals surface area contributed by atoms with Crippen LogP contribution in [0.25, 0.3) is 0 Å². The molecule has 0 saturated carbocycles. The van der Waals surface area contributed by atoms with Crippen molar-refractivity contribution in [1.82, 2.24) is 10.2 Å². The zero-order valence-electron chi connectivity index (χ0n) is 18.2. The van der Waals surface area contributed by atoms with E-state index in [9.17, 15) is 4.79 Å². The monoisotopic (exact) mass is 455 g/mol. The summed E-state index contributed by atoms with van der Waals surface area (Å²) in [4.78, 5) is 16.7. The number of piperidine rings is 1. The highest BCUT2D eigenvalue weighted by molar-refractivity contribution is 6.31. The van der Waals surface area contributed by atoms with Crippen LogP contribution >= 0.6 is 11.6 Å². The molecule has 7 heteroatoms. The fraction of sp³-hybridized carbons (Fsp3) is 0.480. The predicted molar refractivity (Wildman–Crippen MR) is 125 cm³/mol. The number of likely N-dealkylation sites (tertiary alicyclic amines) is 1. The minimum atomic E-state index is -0.258. The molecule has 0 spiro atoms. The van der Waals surface area contributed by atoms with Gasteiger partial charge < -0.3 is 24.6 Å². The Morgan fingerprint density at radius 1 is 1.00 bits per heavy atom. The largest absolute Gasteiger partial charge is 0.490 e. The number of piperazine rings is 1. The molecule has 0 radical (unpaired) electrons. The van der Waals surface area contributed by atoms with Crippen molar-refractivity contribution in [3.05, 3.63) is 59.1 Å². The van der Waals surface area contributed by atoms with Crippen LogP contribution in [0.1, 0.15) is 31.2 Å². The van der Waals surface area contributed by atoms with Gasteiger partial charge in [-0.3, -0.25) is 0 Å².